The van der Waals surface area contributed by atoms with E-state index in [9.17, 15) is 5.11 Å². The molecule has 4 heteroatoms. The van der Waals surface area contributed by atoms with Crippen LogP contribution >= 0.6 is 0 Å². The summed E-state index contributed by atoms with van der Waals surface area (Å²) in [6, 6.07) is 3.67. The maximum Gasteiger partial charge on any atom is 0.129 e. The Morgan fingerprint density at radius 1 is 1.47 bits per heavy atom. The number of aliphatic hydroxyl groups excluding tert-OH is 1. The molecule has 1 atom stereocenters. The van der Waals surface area contributed by atoms with Gasteiger partial charge in [-0.1, -0.05) is 20.8 Å². The number of rotatable bonds is 7. The van der Waals surface area contributed by atoms with Crippen molar-refractivity contribution in [1.82, 2.24) is 5.32 Å². The lowest BCUT2D eigenvalue weighted by atomic mass is 9.97. The molecule has 0 spiro atoms. The molecule has 98 valence electrons. The van der Waals surface area contributed by atoms with E-state index in [1.165, 1.54) is 0 Å². The maximum absolute atomic E-state index is 9.66. The van der Waals surface area contributed by atoms with Gasteiger partial charge in [-0.2, -0.15) is 0 Å². The lowest BCUT2D eigenvalue weighted by Crippen LogP contribution is -2.35. The Kier molecular flexibility index (Phi) is 5.68. The summed E-state index contributed by atoms with van der Waals surface area (Å²) in [4.78, 5) is 0. The number of aliphatic hydroxyl groups is 1. The lowest BCUT2D eigenvalue weighted by Gasteiger charge is -2.20. The van der Waals surface area contributed by atoms with E-state index < -0.39 is 6.10 Å². The van der Waals surface area contributed by atoms with E-state index in [1.807, 2.05) is 12.1 Å². The molecule has 0 aliphatic carbocycles. The van der Waals surface area contributed by atoms with Gasteiger partial charge in [0.2, 0.25) is 0 Å². The summed E-state index contributed by atoms with van der Waals surface area (Å²) in [7, 11) is 0. The Labute approximate surface area is 103 Å². The van der Waals surface area contributed by atoms with Crippen molar-refractivity contribution in [2.75, 3.05) is 19.7 Å². The third kappa shape index (κ3) is 7.15. The van der Waals surface area contributed by atoms with Gasteiger partial charge in [-0.15, -0.1) is 0 Å². The fraction of sp³-hybridized carbons (Fsp3) is 0.692. The summed E-state index contributed by atoms with van der Waals surface area (Å²) in [5.74, 6) is 0.778. The van der Waals surface area contributed by atoms with Gasteiger partial charge in [-0.3, -0.25) is 0 Å². The third-order valence-electron chi connectivity index (χ3n) is 2.17. The normalized spacial score (nSPS) is 13.9. The molecule has 1 heterocycles. The average molecular weight is 241 g/mol. The molecular formula is C13H23NO3. The van der Waals surface area contributed by atoms with Gasteiger partial charge in [-0.25, -0.2) is 0 Å². The summed E-state index contributed by atoms with van der Waals surface area (Å²) in [5, 5.41) is 12.9. The van der Waals surface area contributed by atoms with Crippen molar-refractivity contribution in [2.24, 2.45) is 5.41 Å². The summed E-state index contributed by atoms with van der Waals surface area (Å²) in [6.45, 7) is 8.61. The van der Waals surface area contributed by atoms with E-state index in [0.29, 0.717) is 19.8 Å². The summed E-state index contributed by atoms with van der Waals surface area (Å²) < 4.78 is 10.5. The predicted octanol–water partition coefficient (Wildman–Crippen LogP) is 1.79. The smallest absolute Gasteiger partial charge is 0.129 e. The zero-order chi connectivity index (χ0) is 12.7. The van der Waals surface area contributed by atoms with E-state index in [0.717, 1.165) is 12.3 Å². The first kappa shape index (κ1) is 14.2. The number of furan rings is 1. The molecular weight excluding hydrogens is 218 g/mol. The molecule has 1 aromatic rings. The van der Waals surface area contributed by atoms with Crippen LogP contribution in [0, 0.1) is 5.41 Å². The Balaban J connectivity index is 2.03. The highest BCUT2D eigenvalue weighted by molar-refractivity contribution is 4.96. The van der Waals surface area contributed by atoms with Crippen LogP contribution in [0.25, 0.3) is 0 Å². The molecule has 0 bridgehead atoms. The van der Waals surface area contributed by atoms with Crippen LogP contribution in [0.5, 0.6) is 0 Å². The van der Waals surface area contributed by atoms with Crippen molar-refractivity contribution in [3.05, 3.63) is 24.2 Å². The molecule has 0 aromatic carbocycles. The zero-order valence-electron chi connectivity index (χ0n) is 10.9. The van der Waals surface area contributed by atoms with Gasteiger partial charge >= 0.3 is 0 Å². The zero-order valence-corrected chi connectivity index (χ0v) is 10.9. The van der Waals surface area contributed by atoms with Crippen molar-refractivity contribution >= 4 is 0 Å². The van der Waals surface area contributed by atoms with Crippen molar-refractivity contribution in [1.29, 1.82) is 0 Å². The SMILES string of the molecule is CC(C)(C)CNCC(O)COCc1ccco1. The van der Waals surface area contributed by atoms with E-state index in [1.54, 1.807) is 6.26 Å². The lowest BCUT2D eigenvalue weighted by molar-refractivity contribution is 0.0220. The second-order valence-electron chi connectivity index (χ2n) is 5.44. The summed E-state index contributed by atoms with van der Waals surface area (Å²) in [5.41, 5.74) is 0.231. The van der Waals surface area contributed by atoms with Crippen LogP contribution in [0.1, 0.15) is 26.5 Å². The molecule has 1 aromatic heterocycles. The van der Waals surface area contributed by atoms with E-state index in [2.05, 4.69) is 26.1 Å². The molecule has 0 fully saturated rings. The predicted molar refractivity (Wildman–Crippen MR) is 66.7 cm³/mol. The molecule has 4 nitrogen and oxygen atoms in total. The molecule has 0 saturated heterocycles. The fourth-order valence-corrected chi connectivity index (χ4v) is 1.36. The number of ether oxygens (including phenoxy) is 1. The van der Waals surface area contributed by atoms with Crippen LogP contribution < -0.4 is 5.32 Å². The van der Waals surface area contributed by atoms with E-state index in [-0.39, 0.29) is 5.41 Å². The third-order valence-corrected chi connectivity index (χ3v) is 2.17. The van der Waals surface area contributed by atoms with Crippen LogP contribution in [-0.4, -0.2) is 30.9 Å². The van der Waals surface area contributed by atoms with Crippen LogP contribution in [0.2, 0.25) is 0 Å². The van der Waals surface area contributed by atoms with Crippen molar-refractivity contribution < 1.29 is 14.3 Å². The number of nitrogens with one attached hydrogen (secondary N) is 1. The molecule has 0 radical (unpaired) electrons. The summed E-state index contributed by atoms with van der Waals surface area (Å²) >= 11 is 0. The fourth-order valence-electron chi connectivity index (χ4n) is 1.36. The molecule has 2 N–H and O–H groups in total. The number of hydrogen-bond donors (Lipinski definition) is 2. The topological polar surface area (TPSA) is 54.6 Å². The molecule has 0 aliphatic rings. The summed E-state index contributed by atoms with van der Waals surface area (Å²) in [6.07, 6.45) is 1.13. The highest BCUT2D eigenvalue weighted by Crippen LogP contribution is 2.10. The minimum atomic E-state index is -0.479. The van der Waals surface area contributed by atoms with Gasteiger partial charge in [-0.05, 0) is 17.5 Å². The van der Waals surface area contributed by atoms with Gasteiger partial charge in [0.15, 0.2) is 0 Å². The molecule has 0 aliphatic heterocycles. The molecule has 0 saturated carbocycles. The minimum absolute atomic E-state index is 0.231. The maximum atomic E-state index is 9.66. The van der Waals surface area contributed by atoms with Gasteiger partial charge in [0.25, 0.3) is 0 Å². The minimum Gasteiger partial charge on any atom is -0.467 e. The standard InChI is InChI=1S/C13H23NO3/c1-13(2,3)10-14-7-11(15)8-16-9-12-5-4-6-17-12/h4-6,11,14-15H,7-10H2,1-3H3. The van der Waals surface area contributed by atoms with Crippen LogP contribution in [-0.2, 0) is 11.3 Å². The molecule has 1 rings (SSSR count). The Morgan fingerprint density at radius 3 is 2.82 bits per heavy atom. The van der Waals surface area contributed by atoms with Crippen molar-refractivity contribution in [2.45, 2.75) is 33.5 Å². The van der Waals surface area contributed by atoms with Gasteiger partial charge < -0.3 is 19.6 Å². The Morgan fingerprint density at radius 2 is 2.24 bits per heavy atom. The highest BCUT2D eigenvalue weighted by Gasteiger charge is 2.11. The van der Waals surface area contributed by atoms with E-state index >= 15 is 0 Å². The molecule has 17 heavy (non-hydrogen) atoms. The van der Waals surface area contributed by atoms with E-state index in [4.69, 9.17) is 9.15 Å². The van der Waals surface area contributed by atoms with Crippen molar-refractivity contribution in [3.63, 3.8) is 0 Å². The quantitative estimate of drug-likeness (QED) is 0.764. The first-order valence-electron chi connectivity index (χ1n) is 5.96. The van der Waals surface area contributed by atoms with Crippen LogP contribution in [0.15, 0.2) is 22.8 Å². The molecule has 0 amide bonds. The highest BCUT2D eigenvalue weighted by atomic mass is 16.5. The van der Waals surface area contributed by atoms with Gasteiger partial charge in [0.05, 0.1) is 19.0 Å². The average Bonchev–Trinajstić information content (AvgIpc) is 2.68. The Bertz CT molecular complexity index is 290. The van der Waals surface area contributed by atoms with Crippen LogP contribution in [0.3, 0.4) is 0 Å². The largest absolute Gasteiger partial charge is 0.467 e. The first-order chi connectivity index (χ1) is 7.97. The first-order valence-corrected chi connectivity index (χ1v) is 5.96. The second-order valence-corrected chi connectivity index (χ2v) is 5.44. The van der Waals surface area contributed by atoms with Gasteiger partial charge in [0.1, 0.15) is 12.4 Å². The van der Waals surface area contributed by atoms with Gasteiger partial charge in [0, 0.05) is 13.1 Å². The van der Waals surface area contributed by atoms with Crippen molar-refractivity contribution in [3.8, 4) is 0 Å². The van der Waals surface area contributed by atoms with Crippen LogP contribution in [0.4, 0.5) is 0 Å². The molecule has 1 unspecified atom stereocenters. The number of hydrogen-bond acceptors (Lipinski definition) is 4. The second kappa shape index (κ2) is 6.79. The monoisotopic (exact) mass is 241 g/mol. The Hall–Kier alpha value is -0.840.